The van der Waals surface area contributed by atoms with Crippen LogP contribution in [0.15, 0.2) is 0 Å². The van der Waals surface area contributed by atoms with Gasteiger partial charge in [-0.25, -0.2) is 0 Å². The van der Waals surface area contributed by atoms with E-state index in [0.717, 1.165) is 19.4 Å². The van der Waals surface area contributed by atoms with E-state index in [1.54, 1.807) is 7.11 Å². The Balaban J connectivity index is 2.25. The lowest BCUT2D eigenvalue weighted by Gasteiger charge is -2.21. The van der Waals surface area contributed by atoms with Crippen LogP contribution in [-0.4, -0.2) is 24.9 Å². The molecule has 0 aromatic carbocycles. The maximum atomic E-state index is 9.62. The number of hydrogen-bond donors (Lipinski definition) is 1. The molecule has 0 amide bonds. The van der Waals surface area contributed by atoms with Crippen molar-refractivity contribution >= 4 is 0 Å². The Morgan fingerprint density at radius 2 is 2.25 bits per heavy atom. The molecule has 1 fully saturated rings. The third-order valence-electron chi connectivity index (χ3n) is 3.04. The van der Waals surface area contributed by atoms with E-state index >= 15 is 0 Å². The summed E-state index contributed by atoms with van der Waals surface area (Å²) < 4.78 is 5.03. The maximum Gasteiger partial charge on any atom is 0.0571 e. The molecule has 1 saturated carbocycles. The molecule has 0 bridgehead atoms. The minimum atomic E-state index is -0.0446. The van der Waals surface area contributed by atoms with E-state index in [4.69, 9.17) is 4.74 Å². The smallest absolute Gasteiger partial charge is 0.0571 e. The van der Waals surface area contributed by atoms with Gasteiger partial charge in [-0.1, -0.05) is 13.3 Å². The second-order valence-corrected chi connectivity index (χ2v) is 3.92. The number of methoxy groups -OCH3 is 1. The van der Waals surface area contributed by atoms with E-state index in [-0.39, 0.29) is 6.10 Å². The van der Waals surface area contributed by atoms with Crippen LogP contribution in [0.4, 0.5) is 0 Å². The van der Waals surface area contributed by atoms with Crippen molar-refractivity contribution in [3.63, 3.8) is 0 Å². The van der Waals surface area contributed by atoms with Gasteiger partial charge in [-0.3, -0.25) is 0 Å². The predicted molar refractivity (Wildman–Crippen MR) is 49.0 cm³/mol. The molecule has 1 unspecified atom stereocenters. The molecule has 0 aromatic heterocycles. The van der Waals surface area contributed by atoms with Gasteiger partial charge < -0.3 is 9.84 Å². The molecular weight excluding hydrogens is 152 g/mol. The molecule has 72 valence electrons. The Morgan fingerprint density at radius 1 is 1.50 bits per heavy atom. The van der Waals surface area contributed by atoms with E-state index in [1.165, 1.54) is 12.8 Å². The van der Waals surface area contributed by atoms with Gasteiger partial charge in [-0.2, -0.15) is 0 Å². The van der Waals surface area contributed by atoms with Crippen molar-refractivity contribution in [3.8, 4) is 0 Å². The highest BCUT2D eigenvalue weighted by molar-refractivity contribution is 4.80. The minimum Gasteiger partial charge on any atom is -0.393 e. The molecule has 0 saturated heterocycles. The summed E-state index contributed by atoms with van der Waals surface area (Å²) in [5.74, 6) is 1.14. The Bertz CT molecular complexity index is 125. The number of aliphatic hydroxyl groups is 1. The summed E-state index contributed by atoms with van der Waals surface area (Å²) in [6.07, 6.45) is 4.44. The van der Waals surface area contributed by atoms with Gasteiger partial charge in [-0.05, 0) is 31.1 Å². The van der Waals surface area contributed by atoms with Crippen LogP contribution in [0.25, 0.3) is 0 Å². The summed E-state index contributed by atoms with van der Waals surface area (Å²) >= 11 is 0. The molecule has 1 aliphatic rings. The number of hydrogen-bond acceptors (Lipinski definition) is 2. The number of ether oxygens (including phenoxy) is 1. The summed E-state index contributed by atoms with van der Waals surface area (Å²) in [6.45, 7) is 3.04. The third kappa shape index (κ3) is 2.46. The van der Waals surface area contributed by atoms with Crippen LogP contribution in [0.2, 0.25) is 0 Å². The van der Waals surface area contributed by atoms with Crippen LogP contribution in [0.3, 0.4) is 0 Å². The van der Waals surface area contributed by atoms with Crippen molar-refractivity contribution < 1.29 is 9.84 Å². The van der Waals surface area contributed by atoms with E-state index in [2.05, 4.69) is 6.92 Å². The first-order valence-corrected chi connectivity index (χ1v) is 4.92. The van der Waals surface area contributed by atoms with Gasteiger partial charge in [0.1, 0.15) is 0 Å². The Labute approximate surface area is 74.9 Å². The zero-order chi connectivity index (χ0) is 8.97. The lowest BCUT2D eigenvalue weighted by Crippen LogP contribution is -2.21. The summed E-state index contributed by atoms with van der Waals surface area (Å²) in [4.78, 5) is 0. The van der Waals surface area contributed by atoms with Gasteiger partial charge in [0.05, 0.1) is 6.10 Å². The molecule has 2 heteroatoms. The minimum absolute atomic E-state index is 0.0446. The van der Waals surface area contributed by atoms with Crippen molar-refractivity contribution in [2.45, 2.75) is 38.7 Å². The molecule has 3 atom stereocenters. The van der Waals surface area contributed by atoms with Crippen molar-refractivity contribution in [1.29, 1.82) is 0 Å². The average Bonchev–Trinajstić information content (AvgIpc) is 2.47. The molecule has 1 aliphatic carbocycles. The van der Waals surface area contributed by atoms with E-state index in [1.807, 2.05) is 0 Å². The molecule has 1 N–H and O–H groups in total. The van der Waals surface area contributed by atoms with Crippen LogP contribution in [0.1, 0.15) is 32.6 Å². The molecule has 0 aliphatic heterocycles. The highest BCUT2D eigenvalue weighted by atomic mass is 16.5. The summed E-state index contributed by atoms with van der Waals surface area (Å²) in [6, 6.07) is 0. The lowest BCUT2D eigenvalue weighted by atomic mass is 9.89. The fourth-order valence-electron chi connectivity index (χ4n) is 2.15. The predicted octanol–water partition coefficient (Wildman–Crippen LogP) is 1.82. The third-order valence-corrected chi connectivity index (χ3v) is 3.04. The van der Waals surface area contributed by atoms with Crippen LogP contribution in [-0.2, 0) is 4.74 Å². The Morgan fingerprint density at radius 3 is 2.75 bits per heavy atom. The lowest BCUT2D eigenvalue weighted by molar-refractivity contribution is 0.0862. The summed E-state index contributed by atoms with van der Waals surface area (Å²) in [7, 11) is 1.73. The van der Waals surface area contributed by atoms with Crippen LogP contribution < -0.4 is 0 Å². The summed E-state index contributed by atoms with van der Waals surface area (Å²) in [5.41, 5.74) is 0. The molecule has 12 heavy (non-hydrogen) atoms. The molecule has 0 radical (unpaired) electrons. The van der Waals surface area contributed by atoms with Gasteiger partial charge >= 0.3 is 0 Å². The SMILES string of the molecule is COCCC(C)[C@@H]1CCC[C@H]1O. The average molecular weight is 172 g/mol. The van der Waals surface area contributed by atoms with Gasteiger partial charge in [0.15, 0.2) is 0 Å². The topological polar surface area (TPSA) is 29.5 Å². The van der Waals surface area contributed by atoms with E-state index in [0.29, 0.717) is 11.8 Å². The second-order valence-electron chi connectivity index (χ2n) is 3.92. The van der Waals surface area contributed by atoms with Crippen LogP contribution in [0, 0.1) is 11.8 Å². The second kappa shape index (κ2) is 4.83. The first-order chi connectivity index (χ1) is 5.75. The molecule has 0 aromatic rings. The maximum absolute atomic E-state index is 9.62. The molecule has 1 rings (SSSR count). The standard InChI is InChI=1S/C10H20O2/c1-8(6-7-12-2)9-4-3-5-10(9)11/h8-11H,3-7H2,1-2H3/t8?,9-,10+/m0/s1. The van der Waals surface area contributed by atoms with Crippen molar-refractivity contribution in [1.82, 2.24) is 0 Å². The van der Waals surface area contributed by atoms with Crippen LogP contribution in [0.5, 0.6) is 0 Å². The van der Waals surface area contributed by atoms with Gasteiger partial charge in [0.25, 0.3) is 0 Å². The zero-order valence-electron chi connectivity index (χ0n) is 8.12. The van der Waals surface area contributed by atoms with Crippen molar-refractivity contribution in [2.24, 2.45) is 11.8 Å². The molecular formula is C10H20O2. The first-order valence-electron chi connectivity index (χ1n) is 4.92. The number of rotatable bonds is 4. The van der Waals surface area contributed by atoms with Crippen LogP contribution >= 0.6 is 0 Å². The Kier molecular flexibility index (Phi) is 4.02. The van der Waals surface area contributed by atoms with Crippen molar-refractivity contribution in [2.75, 3.05) is 13.7 Å². The van der Waals surface area contributed by atoms with E-state index in [9.17, 15) is 5.11 Å². The Hall–Kier alpha value is -0.0800. The highest BCUT2D eigenvalue weighted by Gasteiger charge is 2.29. The quantitative estimate of drug-likeness (QED) is 0.701. The van der Waals surface area contributed by atoms with Gasteiger partial charge in [-0.15, -0.1) is 0 Å². The molecule has 0 spiro atoms. The first kappa shape index (κ1) is 10.0. The normalized spacial score (nSPS) is 32.2. The monoisotopic (exact) mass is 172 g/mol. The van der Waals surface area contributed by atoms with Gasteiger partial charge in [0, 0.05) is 13.7 Å². The molecule has 2 nitrogen and oxygen atoms in total. The summed E-state index contributed by atoms with van der Waals surface area (Å²) in [5, 5.41) is 9.62. The van der Waals surface area contributed by atoms with Crippen molar-refractivity contribution in [3.05, 3.63) is 0 Å². The fraction of sp³-hybridized carbons (Fsp3) is 1.00. The van der Waals surface area contributed by atoms with E-state index < -0.39 is 0 Å². The molecule has 0 heterocycles. The number of aliphatic hydroxyl groups excluding tert-OH is 1. The highest BCUT2D eigenvalue weighted by Crippen LogP contribution is 2.33. The fourth-order valence-corrected chi connectivity index (χ4v) is 2.15. The van der Waals surface area contributed by atoms with Gasteiger partial charge in [0.2, 0.25) is 0 Å². The largest absolute Gasteiger partial charge is 0.393 e. The zero-order valence-corrected chi connectivity index (χ0v) is 8.12.